The highest BCUT2D eigenvalue weighted by molar-refractivity contribution is 6.76. The average Bonchev–Trinajstić information content (AvgIpc) is 1.88. The predicted molar refractivity (Wildman–Crippen MR) is 280 cm³/mol. The van der Waals surface area contributed by atoms with Crippen LogP contribution < -0.4 is 10.6 Å². The van der Waals surface area contributed by atoms with Crippen molar-refractivity contribution >= 4 is 73.8 Å². The number of esters is 9. The maximum atomic E-state index is 14.8. The van der Waals surface area contributed by atoms with Crippen molar-refractivity contribution < 1.29 is 134 Å². The molecule has 0 aromatic heterocycles. The van der Waals surface area contributed by atoms with E-state index in [0.717, 1.165) is 69.4 Å². The molecule has 4 rings (SSSR count). The van der Waals surface area contributed by atoms with E-state index in [1.54, 1.807) is 30.3 Å². The van der Waals surface area contributed by atoms with Crippen molar-refractivity contribution in [1.82, 2.24) is 10.6 Å². The van der Waals surface area contributed by atoms with Crippen LogP contribution >= 0.6 is 0 Å². The van der Waals surface area contributed by atoms with E-state index >= 15 is 0 Å². The largest absolute Gasteiger partial charge is 0.465 e. The second kappa shape index (κ2) is 31.9. The molecule has 0 spiro atoms. The number of ether oxygens (including phenoxy) is 16. The normalized spacial score (nSPS) is 28.2. The highest BCUT2D eigenvalue weighted by Crippen LogP contribution is 2.42. The summed E-state index contributed by atoms with van der Waals surface area (Å²) in [6.45, 7) is 12.4. The first-order valence-corrected chi connectivity index (χ1v) is 30.2. The molecule has 0 bridgehead atoms. The van der Waals surface area contributed by atoms with Crippen LogP contribution in [-0.4, -0.2) is 210 Å². The molecule has 0 saturated carbocycles. The molecule has 0 aliphatic carbocycles. The fourth-order valence-electron chi connectivity index (χ4n) is 9.10. The van der Waals surface area contributed by atoms with E-state index in [9.17, 15) is 57.8 Å². The Labute approximate surface area is 484 Å². The summed E-state index contributed by atoms with van der Waals surface area (Å²) in [5.41, 5.74) is 0.601. The highest BCUT2D eigenvalue weighted by Gasteiger charge is 2.64. The Morgan fingerprint density at radius 2 is 1.20 bits per heavy atom. The molecule has 3 fully saturated rings. The van der Waals surface area contributed by atoms with E-state index in [-0.39, 0.29) is 13.2 Å². The lowest BCUT2D eigenvalue weighted by molar-refractivity contribution is -0.383. The molecular formula is C53H76N2O28Si. The van der Waals surface area contributed by atoms with E-state index in [2.05, 4.69) is 30.3 Å². The standard InChI is InChI=1S/C53H76N2O28Si/c1-26(56)54-40-36(74-30(5)60)21-53(51(66)68-10,82-46(40)44(76-32(7)62)38(75-31(6)61)24-71-28(3)58)83-47-45(77-33(8)63)39(25-72-29(4)59)80-50(48(47)78-34(9)64)81-43-37(23-70-27(2)57)79-49(69-19-20-84(11,12)13)41(42(43)65)55-52(67)73-22-35-17-15-14-16-18-35/h14-18,36-50,65H,19-25H2,1-13H3,(H,54,56)(H,55,67)/t36-,37+,38+,39+,40+,41+,42+,43+,44+,45-,46+,47-,48+,49+,50-,53-/m0/s1. The van der Waals surface area contributed by atoms with Crippen LogP contribution in [0.15, 0.2) is 30.3 Å². The zero-order valence-corrected chi connectivity index (χ0v) is 50.0. The van der Waals surface area contributed by atoms with Gasteiger partial charge in [-0.05, 0) is 11.6 Å². The van der Waals surface area contributed by atoms with Gasteiger partial charge in [-0.25, -0.2) is 9.59 Å². The number of aliphatic hydroxyl groups excluding tert-OH is 1. The van der Waals surface area contributed by atoms with E-state index in [0.29, 0.717) is 11.6 Å². The number of methoxy groups -OCH3 is 1. The van der Waals surface area contributed by atoms with Gasteiger partial charge in [-0.15, -0.1) is 0 Å². The van der Waals surface area contributed by atoms with Gasteiger partial charge in [0.05, 0.1) is 19.6 Å². The molecule has 0 radical (unpaired) electrons. The number of nitrogens with one attached hydrogen (secondary N) is 2. The number of benzene rings is 1. The van der Waals surface area contributed by atoms with Crippen molar-refractivity contribution in [2.45, 2.75) is 199 Å². The number of amides is 2. The molecule has 3 N–H and O–H groups in total. The van der Waals surface area contributed by atoms with Gasteiger partial charge in [0.25, 0.3) is 5.79 Å². The van der Waals surface area contributed by atoms with Crippen LogP contribution in [0.2, 0.25) is 25.7 Å². The summed E-state index contributed by atoms with van der Waals surface area (Å²) in [5, 5.41) is 17.6. The molecule has 470 valence electrons. The molecule has 1 aromatic rings. The molecule has 3 aliphatic rings. The van der Waals surface area contributed by atoms with Crippen molar-refractivity contribution in [1.29, 1.82) is 0 Å². The first-order chi connectivity index (χ1) is 39.3. The lowest BCUT2D eigenvalue weighted by atomic mass is 9.87. The zero-order chi connectivity index (χ0) is 62.8. The van der Waals surface area contributed by atoms with Crippen molar-refractivity contribution in [2.75, 3.05) is 33.5 Å². The molecule has 1 aromatic carbocycles. The summed E-state index contributed by atoms with van der Waals surface area (Å²) in [4.78, 5) is 144. The third kappa shape index (κ3) is 21.3. The Hall–Kier alpha value is -6.87. The predicted octanol–water partition coefficient (Wildman–Crippen LogP) is 0.728. The Morgan fingerprint density at radius 1 is 0.643 bits per heavy atom. The SMILES string of the molecule is COC(=O)[C@@]1(O[C@H]2[C@@H](OC(C)=O)[C@@H](COC(C)=O)O[C@@H](O[C@H]3[C@H](O)[C@@H](NC(=O)OCc4ccccc4)[C@H](OCC[Si](C)(C)C)O[C@@H]3COC(C)=O)[C@@H]2OC(C)=O)C[C@H](OC(C)=O)[C@@H](NC(C)=O)[C@H]([C@H](OC(C)=O)[C@@H](COC(C)=O)OC(C)=O)O1. The monoisotopic (exact) mass is 1220 g/mol. The highest BCUT2D eigenvalue weighted by atomic mass is 28.3. The van der Waals surface area contributed by atoms with Gasteiger partial charge < -0.3 is 91.5 Å². The molecule has 84 heavy (non-hydrogen) atoms. The van der Waals surface area contributed by atoms with Gasteiger partial charge in [-0.1, -0.05) is 50.0 Å². The van der Waals surface area contributed by atoms with Gasteiger partial charge in [-0.3, -0.25) is 43.2 Å². The Kier molecular flexibility index (Phi) is 26.4. The van der Waals surface area contributed by atoms with Crippen molar-refractivity contribution in [3.8, 4) is 0 Å². The number of carbonyl (C=O) groups is 11. The Morgan fingerprint density at radius 3 is 1.73 bits per heavy atom. The van der Waals surface area contributed by atoms with Crippen molar-refractivity contribution in [2.24, 2.45) is 0 Å². The number of hydrogen-bond acceptors (Lipinski definition) is 28. The minimum atomic E-state index is -3.13. The smallest absolute Gasteiger partial charge is 0.407 e. The number of hydrogen-bond donors (Lipinski definition) is 3. The third-order valence-corrected chi connectivity index (χ3v) is 14.2. The van der Waals surface area contributed by atoms with E-state index in [4.69, 9.17) is 75.8 Å². The lowest BCUT2D eigenvalue weighted by Crippen LogP contribution is -2.72. The maximum absolute atomic E-state index is 14.8. The average molecular weight is 1220 g/mol. The van der Waals surface area contributed by atoms with Crippen LogP contribution in [-0.2, 0) is 130 Å². The quantitative estimate of drug-likeness (QED) is 0.0654. The fraction of sp³-hybridized carbons (Fsp3) is 0.679. The van der Waals surface area contributed by atoms with Gasteiger partial charge in [0.1, 0.15) is 75.2 Å². The minimum Gasteiger partial charge on any atom is -0.465 e. The summed E-state index contributed by atoms with van der Waals surface area (Å²) in [5.74, 6) is -13.6. The molecule has 30 nitrogen and oxygen atoms in total. The summed E-state index contributed by atoms with van der Waals surface area (Å²) in [7, 11) is -0.967. The molecule has 31 heteroatoms. The molecule has 16 atom stereocenters. The van der Waals surface area contributed by atoms with E-state index in [1.807, 2.05) is 0 Å². The van der Waals surface area contributed by atoms with Crippen LogP contribution in [0.3, 0.4) is 0 Å². The molecule has 0 unspecified atom stereocenters. The van der Waals surface area contributed by atoms with Gasteiger partial charge in [0, 0.05) is 77.0 Å². The van der Waals surface area contributed by atoms with E-state index in [1.165, 1.54) is 0 Å². The summed E-state index contributed by atoms with van der Waals surface area (Å²) in [6, 6.07) is 5.86. The number of rotatable bonds is 26. The topological polar surface area (TPSA) is 380 Å². The number of aliphatic hydroxyl groups is 1. The molecular weight excluding hydrogens is 1140 g/mol. The summed E-state index contributed by atoms with van der Waals surface area (Å²) in [6.07, 6.45) is -27.2. The van der Waals surface area contributed by atoms with Crippen LogP contribution in [0.1, 0.15) is 74.3 Å². The molecule has 3 heterocycles. The zero-order valence-electron chi connectivity index (χ0n) is 49.0. The fourth-order valence-corrected chi connectivity index (χ4v) is 9.83. The summed E-state index contributed by atoms with van der Waals surface area (Å²) >= 11 is 0. The van der Waals surface area contributed by atoms with Gasteiger partial charge in [-0.2, -0.15) is 0 Å². The second-order valence-electron chi connectivity index (χ2n) is 20.9. The first-order valence-electron chi connectivity index (χ1n) is 26.5. The summed E-state index contributed by atoms with van der Waals surface area (Å²) < 4.78 is 93.7. The molecule has 2 amide bonds. The molecule has 3 saturated heterocycles. The van der Waals surface area contributed by atoms with Crippen LogP contribution in [0.5, 0.6) is 0 Å². The lowest BCUT2D eigenvalue weighted by Gasteiger charge is -2.52. The minimum absolute atomic E-state index is 0.0534. The van der Waals surface area contributed by atoms with Gasteiger partial charge >= 0.3 is 59.8 Å². The van der Waals surface area contributed by atoms with Crippen molar-refractivity contribution in [3.05, 3.63) is 35.9 Å². The Bertz CT molecular complexity index is 2480. The van der Waals surface area contributed by atoms with Crippen molar-refractivity contribution in [3.63, 3.8) is 0 Å². The Balaban J connectivity index is 2.02. The number of carbonyl (C=O) groups excluding carboxylic acids is 11. The second-order valence-corrected chi connectivity index (χ2v) is 26.5. The van der Waals surface area contributed by atoms with Crippen LogP contribution in [0.4, 0.5) is 4.79 Å². The van der Waals surface area contributed by atoms with Crippen LogP contribution in [0, 0.1) is 0 Å². The number of alkyl carbamates (subject to hydrolysis) is 1. The van der Waals surface area contributed by atoms with Crippen LogP contribution in [0.25, 0.3) is 0 Å². The maximum Gasteiger partial charge on any atom is 0.407 e. The third-order valence-electron chi connectivity index (χ3n) is 12.5. The first kappa shape index (κ1) is 69.6. The van der Waals surface area contributed by atoms with Gasteiger partial charge in [0.2, 0.25) is 5.91 Å². The van der Waals surface area contributed by atoms with Gasteiger partial charge in [0.15, 0.2) is 37.0 Å². The van der Waals surface area contributed by atoms with E-state index < -0.39 is 198 Å². The molecule has 3 aliphatic heterocycles.